The van der Waals surface area contributed by atoms with Crippen molar-refractivity contribution in [2.75, 3.05) is 13.2 Å². The van der Waals surface area contributed by atoms with Crippen LogP contribution in [0.4, 0.5) is 4.79 Å². The van der Waals surface area contributed by atoms with Crippen LogP contribution in [0.15, 0.2) is 60.7 Å². The Bertz CT molecular complexity index is 762. The van der Waals surface area contributed by atoms with Gasteiger partial charge in [-0.05, 0) is 30.9 Å². The molecule has 5 heteroatoms. The molecule has 5 nitrogen and oxygen atoms in total. The van der Waals surface area contributed by atoms with Gasteiger partial charge < -0.3 is 9.47 Å². The molecule has 1 atom stereocenters. The molecule has 0 bridgehead atoms. The highest BCUT2D eigenvalue weighted by Gasteiger charge is 2.51. The molecule has 0 aromatic heterocycles. The standard InChI is InChI=1S/C22H25NO4/c1-2-26-20(24)22(16-18-10-5-3-6-11-18)14-9-15-23(22)21(25)27-17-19-12-7-4-8-13-19/h3-8,10-13H,2,9,14-17H2,1H3. The molecule has 27 heavy (non-hydrogen) atoms. The predicted molar refractivity (Wildman–Crippen MR) is 102 cm³/mol. The van der Waals surface area contributed by atoms with Gasteiger partial charge >= 0.3 is 12.1 Å². The average molecular weight is 367 g/mol. The number of carbonyl (C=O) groups excluding carboxylic acids is 2. The van der Waals surface area contributed by atoms with E-state index in [9.17, 15) is 9.59 Å². The van der Waals surface area contributed by atoms with E-state index in [1.807, 2.05) is 60.7 Å². The van der Waals surface area contributed by atoms with Gasteiger partial charge in [0, 0.05) is 13.0 Å². The highest BCUT2D eigenvalue weighted by molar-refractivity contribution is 5.87. The summed E-state index contributed by atoms with van der Waals surface area (Å²) in [6.07, 6.45) is 1.26. The number of nitrogens with zero attached hydrogens (tertiary/aromatic N) is 1. The number of amides is 1. The van der Waals surface area contributed by atoms with Crippen LogP contribution in [0.25, 0.3) is 0 Å². The van der Waals surface area contributed by atoms with Crippen molar-refractivity contribution in [2.45, 2.75) is 38.3 Å². The fourth-order valence-corrected chi connectivity index (χ4v) is 3.61. The molecule has 1 fully saturated rings. The van der Waals surface area contributed by atoms with Gasteiger partial charge in [-0.3, -0.25) is 4.90 Å². The second kappa shape index (κ2) is 8.71. The van der Waals surface area contributed by atoms with Gasteiger partial charge in [0.2, 0.25) is 0 Å². The fraction of sp³-hybridized carbons (Fsp3) is 0.364. The van der Waals surface area contributed by atoms with Crippen molar-refractivity contribution < 1.29 is 19.1 Å². The van der Waals surface area contributed by atoms with Crippen LogP contribution in [0.1, 0.15) is 30.9 Å². The maximum Gasteiger partial charge on any atom is 0.411 e. The van der Waals surface area contributed by atoms with Crippen molar-refractivity contribution in [3.63, 3.8) is 0 Å². The summed E-state index contributed by atoms with van der Waals surface area (Å²) in [6, 6.07) is 19.2. The number of benzene rings is 2. The van der Waals surface area contributed by atoms with Crippen LogP contribution < -0.4 is 0 Å². The monoisotopic (exact) mass is 367 g/mol. The Labute approximate surface area is 159 Å². The number of likely N-dealkylation sites (tertiary alicyclic amines) is 1. The summed E-state index contributed by atoms with van der Waals surface area (Å²) in [5, 5.41) is 0. The maximum atomic E-state index is 12.9. The van der Waals surface area contributed by atoms with Crippen LogP contribution in [0.2, 0.25) is 0 Å². The summed E-state index contributed by atoms with van der Waals surface area (Å²) in [6.45, 7) is 2.73. The van der Waals surface area contributed by atoms with Gasteiger partial charge in [0.1, 0.15) is 12.1 Å². The third-order valence-electron chi connectivity index (χ3n) is 4.91. The lowest BCUT2D eigenvalue weighted by atomic mass is 9.88. The minimum atomic E-state index is -1.01. The van der Waals surface area contributed by atoms with E-state index in [2.05, 4.69) is 0 Å². The molecule has 1 heterocycles. The second-order valence-corrected chi connectivity index (χ2v) is 6.71. The Balaban J connectivity index is 1.80. The fourth-order valence-electron chi connectivity index (χ4n) is 3.61. The first-order valence-electron chi connectivity index (χ1n) is 9.35. The van der Waals surface area contributed by atoms with E-state index in [-0.39, 0.29) is 19.2 Å². The van der Waals surface area contributed by atoms with E-state index in [0.29, 0.717) is 19.4 Å². The summed E-state index contributed by atoms with van der Waals surface area (Å²) in [5.41, 5.74) is 0.897. The number of hydrogen-bond acceptors (Lipinski definition) is 4. The lowest BCUT2D eigenvalue weighted by Gasteiger charge is -2.35. The van der Waals surface area contributed by atoms with E-state index in [4.69, 9.17) is 9.47 Å². The lowest BCUT2D eigenvalue weighted by Crippen LogP contribution is -2.55. The molecule has 1 saturated heterocycles. The maximum absolute atomic E-state index is 12.9. The zero-order valence-electron chi connectivity index (χ0n) is 15.6. The van der Waals surface area contributed by atoms with Gasteiger partial charge in [-0.2, -0.15) is 0 Å². The molecule has 2 aromatic carbocycles. The molecule has 3 rings (SSSR count). The van der Waals surface area contributed by atoms with E-state index >= 15 is 0 Å². The first-order chi connectivity index (χ1) is 13.2. The Hall–Kier alpha value is -2.82. The van der Waals surface area contributed by atoms with E-state index in [1.165, 1.54) is 0 Å². The number of hydrogen-bond donors (Lipinski definition) is 0. The molecule has 1 aliphatic heterocycles. The summed E-state index contributed by atoms with van der Waals surface area (Å²) >= 11 is 0. The molecule has 142 valence electrons. The van der Waals surface area contributed by atoms with Crippen LogP contribution in [0.5, 0.6) is 0 Å². The lowest BCUT2D eigenvalue weighted by molar-refractivity contribution is -0.155. The molecule has 1 amide bonds. The van der Waals surface area contributed by atoms with Crippen LogP contribution in [0.3, 0.4) is 0 Å². The topological polar surface area (TPSA) is 55.8 Å². The zero-order chi connectivity index (χ0) is 19.1. The quantitative estimate of drug-likeness (QED) is 0.725. The number of ether oxygens (including phenoxy) is 2. The minimum Gasteiger partial charge on any atom is -0.464 e. The number of esters is 1. The molecule has 1 unspecified atom stereocenters. The summed E-state index contributed by atoms with van der Waals surface area (Å²) < 4.78 is 10.9. The zero-order valence-corrected chi connectivity index (χ0v) is 15.6. The first-order valence-corrected chi connectivity index (χ1v) is 9.35. The van der Waals surface area contributed by atoms with Crippen LogP contribution in [0, 0.1) is 0 Å². The molecule has 0 aliphatic carbocycles. The molecule has 2 aromatic rings. The van der Waals surface area contributed by atoms with E-state index < -0.39 is 11.6 Å². The van der Waals surface area contributed by atoms with E-state index in [0.717, 1.165) is 17.5 Å². The van der Waals surface area contributed by atoms with Gasteiger partial charge in [0.25, 0.3) is 0 Å². The van der Waals surface area contributed by atoms with Gasteiger partial charge in [-0.15, -0.1) is 0 Å². The minimum absolute atomic E-state index is 0.181. The smallest absolute Gasteiger partial charge is 0.411 e. The van der Waals surface area contributed by atoms with Crippen molar-refractivity contribution >= 4 is 12.1 Å². The van der Waals surface area contributed by atoms with E-state index in [1.54, 1.807) is 11.8 Å². The molecule has 0 radical (unpaired) electrons. The Morgan fingerprint density at radius 2 is 1.59 bits per heavy atom. The van der Waals surface area contributed by atoms with Gasteiger partial charge in [-0.1, -0.05) is 60.7 Å². The number of carbonyl (C=O) groups is 2. The molecule has 0 saturated carbocycles. The van der Waals surface area contributed by atoms with Crippen molar-refractivity contribution in [1.82, 2.24) is 4.90 Å². The van der Waals surface area contributed by atoms with Crippen molar-refractivity contribution in [2.24, 2.45) is 0 Å². The summed E-state index contributed by atoms with van der Waals surface area (Å²) in [7, 11) is 0. The summed E-state index contributed by atoms with van der Waals surface area (Å²) in [4.78, 5) is 27.3. The third kappa shape index (κ3) is 4.30. The molecule has 0 N–H and O–H groups in total. The third-order valence-corrected chi connectivity index (χ3v) is 4.91. The second-order valence-electron chi connectivity index (χ2n) is 6.71. The Morgan fingerprint density at radius 1 is 0.963 bits per heavy atom. The summed E-state index contributed by atoms with van der Waals surface area (Å²) in [5.74, 6) is -0.358. The van der Waals surface area contributed by atoms with Crippen molar-refractivity contribution in [3.05, 3.63) is 71.8 Å². The normalized spacial score (nSPS) is 18.9. The SMILES string of the molecule is CCOC(=O)C1(Cc2ccccc2)CCCN1C(=O)OCc1ccccc1. The van der Waals surface area contributed by atoms with Crippen LogP contribution in [-0.4, -0.2) is 35.7 Å². The highest BCUT2D eigenvalue weighted by atomic mass is 16.6. The van der Waals surface area contributed by atoms with Crippen molar-refractivity contribution in [3.8, 4) is 0 Å². The Kier molecular flexibility index (Phi) is 6.12. The molecule has 0 spiro atoms. The molecule has 1 aliphatic rings. The molecular formula is C22H25NO4. The molecular weight excluding hydrogens is 342 g/mol. The number of rotatable bonds is 6. The van der Waals surface area contributed by atoms with Crippen molar-refractivity contribution in [1.29, 1.82) is 0 Å². The average Bonchev–Trinajstić information content (AvgIpc) is 3.13. The van der Waals surface area contributed by atoms with Crippen LogP contribution >= 0.6 is 0 Å². The van der Waals surface area contributed by atoms with Crippen LogP contribution in [-0.2, 0) is 27.3 Å². The largest absolute Gasteiger partial charge is 0.464 e. The van der Waals surface area contributed by atoms with Gasteiger partial charge in [-0.25, -0.2) is 9.59 Å². The highest BCUT2D eigenvalue weighted by Crippen LogP contribution is 2.35. The van der Waals surface area contributed by atoms with Gasteiger partial charge in [0.15, 0.2) is 0 Å². The Morgan fingerprint density at radius 3 is 2.22 bits per heavy atom. The van der Waals surface area contributed by atoms with Gasteiger partial charge in [0.05, 0.1) is 6.61 Å². The first kappa shape index (κ1) is 19.0. The predicted octanol–water partition coefficient (Wildman–Crippen LogP) is 3.96.